The maximum absolute atomic E-state index is 14.0. The van der Waals surface area contributed by atoms with Gasteiger partial charge < -0.3 is 24.4 Å². The van der Waals surface area contributed by atoms with Crippen LogP contribution in [0, 0.1) is 17.8 Å². The van der Waals surface area contributed by atoms with E-state index >= 15 is 0 Å². The molecule has 2 amide bonds. The fourth-order valence-corrected chi connectivity index (χ4v) is 5.89. The zero-order valence-electron chi connectivity index (χ0n) is 19.5. The minimum absolute atomic E-state index is 0.0829. The maximum atomic E-state index is 14.0. The average molecular weight is 447 g/mol. The largest absolute Gasteiger partial charge is 0.465 e. The summed E-state index contributed by atoms with van der Waals surface area (Å²) >= 11 is 0. The van der Waals surface area contributed by atoms with Crippen LogP contribution in [0.2, 0.25) is 0 Å². The summed E-state index contributed by atoms with van der Waals surface area (Å²) in [7, 11) is 0. The number of aliphatic hydroxyl groups excluding tert-OH is 1. The molecule has 4 aliphatic heterocycles. The molecule has 0 radical (unpaired) electrons. The molecule has 4 aliphatic rings. The fourth-order valence-electron chi connectivity index (χ4n) is 5.89. The normalized spacial score (nSPS) is 37.8. The summed E-state index contributed by atoms with van der Waals surface area (Å²) < 4.78 is 12.1. The molecule has 8 heteroatoms. The smallest absolute Gasteiger partial charge is 0.313 e. The van der Waals surface area contributed by atoms with Crippen LogP contribution in [0.25, 0.3) is 0 Å². The van der Waals surface area contributed by atoms with E-state index in [0.29, 0.717) is 13.0 Å². The number of likely N-dealkylation sites (tertiary alicyclic amines) is 1. The first kappa shape index (κ1) is 23.0. The summed E-state index contributed by atoms with van der Waals surface area (Å²) in [5.74, 6) is -2.94. The van der Waals surface area contributed by atoms with Crippen LogP contribution in [-0.2, 0) is 23.9 Å². The Morgan fingerprint density at radius 3 is 2.44 bits per heavy atom. The molecule has 2 fully saturated rings. The van der Waals surface area contributed by atoms with Crippen molar-refractivity contribution in [3.63, 3.8) is 0 Å². The summed E-state index contributed by atoms with van der Waals surface area (Å²) in [5.41, 5.74) is -2.39. The van der Waals surface area contributed by atoms with E-state index in [1.807, 2.05) is 52.0 Å². The van der Waals surface area contributed by atoms with Crippen LogP contribution in [0.5, 0.6) is 0 Å². The zero-order chi connectivity index (χ0) is 23.4. The van der Waals surface area contributed by atoms with Crippen molar-refractivity contribution in [2.24, 2.45) is 17.8 Å². The van der Waals surface area contributed by atoms with Crippen LogP contribution in [0.1, 0.15) is 41.0 Å². The van der Waals surface area contributed by atoms with Gasteiger partial charge in [0.1, 0.15) is 17.6 Å². The third-order valence-electron chi connectivity index (χ3n) is 7.43. The number of aliphatic hydroxyl groups is 1. The number of nitrogens with zero attached hydrogens (tertiary/aromatic N) is 2. The predicted octanol–water partition coefficient (Wildman–Crippen LogP) is 1.28. The molecule has 1 spiro atoms. The highest BCUT2D eigenvalue weighted by Crippen LogP contribution is 2.57. The quantitative estimate of drug-likeness (QED) is 0.516. The van der Waals surface area contributed by atoms with Crippen molar-refractivity contribution in [3.05, 3.63) is 24.3 Å². The first-order chi connectivity index (χ1) is 15.1. The van der Waals surface area contributed by atoms with Gasteiger partial charge in [-0.3, -0.25) is 14.4 Å². The number of hydrogen-bond donors (Lipinski definition) is 1. The SMILES string of the molecule is CC(C)[C@H](CO)N1C(=O)[C@@H]2[C@@H]3C(=O)OCCC=C[C@]3(C)O[C@@]23C=CCN(C(C)C)C(=O)C13. The van der Waals surface area contributed by atoms with E-state index in [0.717, 1.165) is 0 Å². The molecule has 0 aromatic rings. The highest BCUT2D eigenvalue weighted by molar-refractivity contribution is 5.99. The third-order valence-corrected chi connectivity index (χ3v) is 7.43. The molecule has 0 aliphatic carbocycles. The van der Waals surface area contributed by atoms with Gasteiger partial charge in [-0.15, -0.1) is 0 Å². The number of cyclic esters (lactones) is 1. The number of esters is 1. The number of carbonyl (C=O) groups is 3. The van der Waals surface area contributed by atoms with E-state index in [-0.39, 0.29) is 37.0 Å². The van der Waals surface area contributed by atoms with E-state index in [2.05, 4.69) is 0 Å². The number of rotatable bonds is 4. The second-order valence-electron chi connectivity index (χ2n) is 10.1. The zero-order valence-corrected chi connectivity index (χ0v) is 19.5. The Balaban J connectivity index is 1.93. The number of ether oxygens (including phenoxy) is 2. The van der Waals surface area contributed by atoms with Gasteiger partial charge in [-0.1, -0.05) is 38.2 Å². The van der Waals surface area contributed by atoms with Crippen molar-refractivity contribution < 1.29 is 29.0 Å². The van der Waals surface area contributed by atoms with Crippen LogP contribution in [0.3, 0.4) is 0 Å². The highest BCUT2D eigenvalue weighted by atomic mass is 16.6. The lowest BCUT2D eigenvalue weighted by atomic mass is 9.74. The van der Waals surface area contributed by atoms with Gasteiger partial charge in [-0.25, -0.2) is 0 Å². The molecule has 1 unspecified atom stereocenters. The molecule has 0 aromatic carbocycles. The lowest BCUT2D eigenvalue weighted by Gasteiger charge is -2.41. The molecule has 2 saturated heterocycles. The van der Waals surface area contributed by atoms with Crippen LogP contribution in [0.15, 0.2) is 24.3 Å². The van der Waals surface area contributed by atoms with E-state index in [9.17, 15) is 19.5 Å². The molecule has 0 aromatic heterocycles. The van der Waals surface area contributed by atoms with Crippen molar-refractivity contribution in [1.82, 2.24) is 9.80 Å². The molecule has 4 heterocycles. The van der Waals surface area contributed by atoms with Crippen molar-refractivity contribution in [2.45, 2.75) is 70.4 Å². The first-order valence-electron chi connectivity index (χ1n) is 11.5. The number of fused-ring (bicyclic) bond motifs is 2. The molecule has 32 heavy (non-hydrogen) atoms. The molecule has 6 atom stereocenters. The molecule has 0 saturated carbocycles. The molecular formula is C24H34N2O6. The van der Waals surface area contributed by atoms with Crippen molar-refractivity contribution in [2.75, 3.05) is 19.8 Å². The number of amides is 2. The van der Waals surface area contributed by atoms with Gasteiger partial charge in [0.05, 0.1) is 30.8 Å². The second kappa shape index (κ2) is 7.99. The minimum atomic E-state index is -1.31. The topological polar surface area (TPSA) is 96.4 Å². The lowest BCUT2D eigenvalue weighted by Crippen LogP contribution is -2.60. The van der Waals surface area contributed by atoms with Gasteiger partial charge in [0.2, 0.25) is 11.8 Å². The molecule has 1 N–H and O–H groups in total. The maximum Gasteiger partial charge on any atom is 0.313 e. The van der Waals surface area contributed by atoms with E-state index in [1.165, 1.54) is 4.90 Å². The Bertz CT molecular complexity index is 867. The summed E-state index contributed by atoms with van der Waals surface area (Å²) in [6, 6.07) is -1.62. The Kier molecular flexibility index (Phi) is 5.74. The summed E-state index contributed by atoms with van der Waals surface area (Å²) in [6.45, 7) is 9.81. The first-order valence-corrected chi connectivity index (χ1v) is 11.5. The molecular weight excluding hydrogens is 412 g/mol. The van der Waals surface area contributed by atoms with Crippen molar-refractivity contribution >= 4 is 17.8 Å². The van der Waals surface area contributed by atoms with E-state index < -0.39 is 41.1 Å². The van der Waals surface area contributed by atoms with Crippen LogP contribution < -0.4 is 0 Å². The Labute approximate surface area is 189 Å². The van der Waals surface area contributed by atoms with E-state index in [1.54, 1.807) is 11.8 Å². The lowest BCUT2D eigenvalue weighted by molar-refractivity contribution is -0.163. The predicted molar refractivity (Wildman–Crippen MR) is 116 cm³/mol. The Hall–Kier alpha value is -2.19. The molecule has 176 valence electrons. The van der Waals surface area contributed by atoms with E-state index in [4.69, 9.17) is 9.47 Å². The summed E-state index contributed by atoms with van der Waals surface area (Å²) in [6.07, 6.45) is 7.99. The third kappa shape index (κ3) is 3.14. The fraction of sp³-hybridized carbons (Fsp3) is 0.708. The summed E-state index contributed by atoms with van der Waals surface area (Å²) in [5, 5.41) is 10.2. The Morgan fingerprint density at radius 1 is 1.09 bits per heavy atom. The standard InChI is InChI=1S/C24H34N2O6/c1-14(2)16(13-27)26-19-21(29)25(15(3)4)11-8-10-24(19)17(20(26)28)18-22(30)31-12-7-6-9-23(18,5)32-24/h6,8-10,14-19,27H,7,11-13H2,1-5H3/t16-,17-,18+,19?,23-,24-/m0/s1. The van der Waals surface area contributed by atoms with Gasteiger partial charge in [0, 0.05) is 12.6 Å². The van der Waals surface area contributed by atoms with Crippen molar-refractivity contribution in [3.8, 4) is 0 Å². The van der Waals surface area contributed by atoms with Crippen LogP contribution in [-0.4, -0.2) is 81.8 Å². The molecule has 4 rings (SSSR count). The monoisotopic (exact) mass is 446 g/mol. The number of hydrogen-bond acceptors (Lipinski definition) is 6. The van der Waals surface area contributed by atoms with Crippen LogP contribution in [0.4, 0.5) is 0 Å². The molecule has 0 bridgehead atoms. The average Bonchev–Trinajstić information content (AvgIpc) is 3.02. The summed E-state index contributed by atoms with van der Waals surface area (Å²) in [4.78, 5) is 44.3. The van der Waals surface area contributed by atoms with Crippen LogP contribution >= 0.6 is 0 Å². The van der Waals surface area contributed by atoms with Gasteiger partial charge in [0.25, 0.3) is 0 Å². The number of carbonyl (C=O) groups excluding carboxylic acids is 3. The molecule has 8 nitrogen and oxygen atoms in total. The highest BCUT2D eigenvalue weighted by Gasteiger charge is 2.75. The Morgan fingerprint density at radius 2 is 1.81 bits per heavy atom. The van der Waals surface area contributed by atoms with Gasteiger partial charge in [-0.05, 0) is 33.1 Å². The minimum Gasteiger partial charge on any atom is -0.465 e. The second-order valence-corrected chi connectivity index (χ2v) is 10.1. The van der Waals surface area contributed by atoms with Crippen molar-refractivity contribution in [1.29, 1.82) is 0 Å². The van der Waals surface area contributed by atoms with Gasteiger partial charge >= 0.3 is 5.97 Å². The van der Waals surface area contributed by atoms with Gasteiger partial charge in [-0.2, -0.15) is 0 Å². The van der Waals surface area contributed by atoms with Gasteiger partial charge in [0.15, 0.2) is 0 Å².